The predicted octanol–water partition coefficient (Wildman–Crippen LogP) is 9.23. The average Bonchev–Trinajstić information content (AvgIpc) is 3.81. The number of nitrogens with zero attached hydrogens (tertiary/aromatic N) is 2. The van der Waals surface area contributed by atoms with Gasteiger partial charge in [-0.3, -0.25) is 9.80 Å². The second kappa shape index (κ2) is 12.7. The topological polar surface area (TPSA) is 24.9 Å². The Morgan fingerprint density at radius 3 is 1.30 bits per heavy atom. The molecule has 2 heterocycles. The average molecular weight is 589 g/mol. The zero-order valence-corrected chi connectivity index (χ0v) is 26.3. The highest BCUT2D eigenvalue weighted by Crippen LogP contribution is 2.47. The number of likely N-dealkylation sites (tertiary alicyclic amines) is 2. The van der Waals surface area contributed by atoms with Crippen LogP contribution < -0.4 is 9.47 Å². The Morgan fingerprint density at radius 2 is 0.841 bits per heavy atom. The van der Waals surface area contributed by atoms with Gasteiger partial charge in [0.15, 0.2) is 0 Å². The fourth-order valence-corrected chi connectivity index (χ4v) is 8.95. The van der Waals surface area contributed by atoms with Crippen LogP contribution in [0.1, 0.15) is 77.0 Å². The molecule has 4 aliphatic rings. The first-order chi connectivity index (χ1) is 21.8. The third kappa shape index (κ3) is 5.49. The van der Waals surface area contributed by atoms with Crippen molar-refractivity contribution in [3.05, 3.63) is 72.8 Å². The van der Waals surface area contributed by atoms with Gasteiger partial charge < -0.3 is 9.47 Å². The van der Waals surface area contributed by atoms with E-state index in [-0.39, 0.29) is 12.2 Å². The highest BCUT2D eigenvalue weighted by atomic mass is 16.5. The minimum absolute atomic E-state index is 0.221. The van der Waals surface area contributed by atoms with Crippen molar-refractivity contribution < 1.29 is 9.47 Å². The zero-order valence-electron chi connectivity index (χ0n) is 26.3. The molecule has 0 spiro atoms. The maximum atomic E-state index is 7.26. The quantitative estimate of drug-likeness (QED) is 0.215. The fraction of sp³-hybridized carbons (Fsp3) is 0.500. The summed E-state index contributed by atoms with van der Waals surface area (Å²) < 4.78 is 14.5. The molecule has 2 saturated heterocycles. The third-order valence-corrected chi connectivity index (χ3v) is 11.1. The van der Waals surface area contributed by atoms with Crippen molar-refractivity contribution >= 4 is 21.5 Å². The molecule has 2 saturated carbocycles. The van der Waals surface area contributed by atoms with E-state index in [0.717, 1.165) is 24.3 Å². The second-order valence-electron chi connectivity index (χ2n) is 13.8. The molecule has 4 aromatic carbocycles. The number of ether oxygens (including phenoxy) is 2. The molecule has 230 valence electrons. The molecule has 0 aromatic heterocycles. The third-order valence-electron chi connectivity index (χ3n) is 11.1. The Hall–Kier alpha value is -3.08. The summed E-state index contributed by atoms with van der Waals surface area (Å²) in [6.07, 6.45) is 15.6. The normalized spacial score (nSPS) is 26.8. The molecule has 0 bridgehead atoms. The first kappa shape index (κ1) is 28.4. The lowest BCUT2D eigenvalue weighted by atomic mass is 9.89. The molecule has 0 unspecified atom stereocenters. The van der Waals surface area contributed by atoms with Crippen LogP contribution in [0.25, 0.3) is 32.7 Å². The Morgan fingerprint density at radius 1 is 0.432 bits per heavy atom. The Kier molecular flexibility index (Phi) is 8.22. The van der Waals surface area contributed by atoms with Crippen LogP contribution in [0.3, 0.4) is 0 Å². The molecular formula is C40H48N2O2. The van der Waals surface area contributed by atoms with Gasteiger partial charge in [-0.1, -0.05) is 73.5 Å². The first-order valence-electron chi connectivity index (χ1n) is 17.7. The summed E-state index contributed by atoms with van der Waals surface area (Å²) in [4.78, 5) is 5.44. The predicted molar refractivity (Wildman–Crippen MR) is 182 cm³/mol. The Balaban J connectivity index is 1.25. The van der Waals surface area contributed by atoms with Crippen LogP contribution in [0.15, 0.2) is 72.8 Å². The Labute approximate surface area is 263 Å². The van der Waals surface area contributed by atoms with E-state index in [9.17, 15) is 0 Å². The number of fused-ring (bicyclic) bond motifs is 2. The minimum Gasteiger partial charge on any atom is -0.488 e. The molecule has 4 nitrogen and oxygen atoms in total. The molecule has 4 aromatic rings. The van der Waals surface area contributed by atoms with Crippen LogP contribution >= 0.6 is 0 Å². The van der Waals surface area contributed by atoms with Gasteiger partial charge in [0.2, 0.25) is 0 Å². The van der Waals surface area contributed by atoms with E-state index >= 15 is 0 Å². The molecule has 2 aliphatic heterocycles. The molecule has 8 rings (SSSR count). The van der Waals surface area contributed by atoms with E-state index in [1.807, 2.05) is 0 Å². The number of rotatable bonds is 7. The summed E-state index contributed by atoms with van der Waals surface area (Å²) >= 11 is 0. The van der Waals surface area contributed by atoms with Gasteiger partial charge in [0, 0.05) is 23.2 Å². The summed E-state index contributed by atoms with van der Waals surface area (Å²) in [6.45, 7) is 4.87. The van der Waals surface area contributed by atoms with E-state index < -0.39 is 0 Å². The maximum Gasteiger partial charge on any atom is 0.128 e. The molecule has 44 heavy (non-hydrogen) atoms. The van der Waals surface area contributed by atoms with Gasteiger partial charge in [-0.15, -0.1) is 0 Å². The molecule has 2 aliphatic carbocycles. The summed E-state index contributed by atoms with van der Waals surface area (Å²) in [6, 6.07) is 27.8. The highest BCUT2D eigenvalue weighted by Gasteiger charge is 2.36. The fourth-order valence-electron chi connectivity index (χ4n) is 8.95. The van der Waals surface area contributed by atoms with E-state index in [4.69, 9.17) is 9.47 Å². The van der Waals surface area contributed by atoms with Crippen molar-refractivity contribution in [1.82, 2.24) is 9.80 Å². The van der Waals surface area contributed by atoms with Gasteiger partial charge in [-0.25, -0.2) is 0 Å². The molecule has 0 amide bonds. The SMILES string of the molecule is c1ccc2c(-c3c(O[C@@H]4CCCC[C@H]4N4CCCC4)ccc4ccccc34)c(O[C@@H]3CCCC[C@H]3N3CCCC3)ccc2c1. The lowest BCUT2D eigenvalue weighted by Crippen LogP contribution is -2.46. The standard InChI is InChI=1S/C40H48N2O2/c1-3-15-31-29(13-1)21-23-37(43-35-19-7-5-17-33(35)41-25-9-10-26-41)39(31)40-32-16-4-2-14-30(32)22-24-38(40)44-36-20-8-6-18-34(36)42-27-11-12-28-42/h1-4,13-16,21-24,33-36H,5-12,17-20,25-28H2/t33-,34-,35-,36-/m1/s1. The molecular weight excluding hydrogens is 540 g/mol. The number of hydrogen-bond donors (Lipinski definition) is 0. The second-order valence-corrected chi connectivity index (χ2v) is 13.8. The first-order valence-corrected chi connectivity index (χ1v) is 17.7. The smallest absolute Gasteiger partial charge is 0.128 e. The Bertz CT molecular complexity index is 1470. The van der Waals surface area contributed by atoms with E-state index in [2.05, 4.69) is 82.6 Å². The van der Waals surface area contributed by atoms with Crippen molar-refractivity contribution in [1.29, 1.82) is 0 Å². The molecule has 0 radical (unpaired) electrons. The van der Waals surface area contributed by atoms with Crippen LogP contribution in [0.2, 0.25) is 0 Å². The summed E-state index contributed by atoms with van der Waals surface area (Å²) in [5.74, 6) is 2.03. The molecule has 4 fully saturated rings. The molecule has 0 N–H and O–H groups in total. The summed E-state index contributed by atoms with van der Waals surface area (Å²) in [5, 5.41) is 5.00. The van der Waals surface area contributed by atoms with Crippen LogP contribution in [-0.2, 0) is 0 Å². The van der Waals surface area contributed by atoms with Gasteiger partial charge in [-0.05, 0) is 124 Å². The lowest BCUT2D eigenvalue weighted by molar-refractivity contribution is 0.0478. The van der Waals surface area contributed by atoms with Crippen molar-refractivity contribution in [3.63, 3.8) is 0 Å². The van der Waals surface area contributed by atoms with Gasteiger partial charge >= 0.3 is 0 Å². The van der Waals surface area contributed by atoms with Gasteiger partial charge in [0.25, 0.3) is 0 Å². The number of benzene rings is 4. The van der Waals surface area contributed by atoms with E-state index in [0.29, 0.717) is 12.1 Å². The highest BCUT2D eigenvalue weighted by molar-refractivity contribution is 6.09. The van der Waals surface area contributed by atoms with Crippen LogP contribution in [0.4, 0.5) is 0 Å². The number of hydrogen-bond acceptors (Lipinski definition) is 4. The van der Waals surface area contributed by atoms with Crippen LogP contribution in [0.5, 0.6) is 11.5 Å². The minimum atomic E-state index is 0.221. The van der Waals surface area contributed by atoms with Crippen LogP contribution in [0, 0.1) is 0 Å². The summed E-state index contributed by atoms with van der Waals surface area (Å²) in [5.41, 5.74) is 2.41. The van der Waals surface area contributed by atoms with E-state index in [1.165, 1.54) is 123 Å². The zero-order chi connectivity index (χ0) is 29.3. The van der Waals surface area contributed by atoms with Crippen molar-refractivity contribution in [3.8, 4) is 22.6 Å². The van der Waals surface area contributed by atoms with E-state index in [1.54, 1.807) is 0 Å². The van der Waals surface area contributed by atoms with Crippen molar-refractivity contribution in [2.24, 2.45) is 0 Å². The molecule has 4 heteroatoms. The van der Waals surface area contributed by atoms with Gasteiger partial charge in [0.1, 0.15) is 23.7 Å². The lowest BCUT2D eigenvalue weighted by Gasteiger charge is -2.39. The summed E-state index contributed by atoms with van der Waals surface area (Å²) in [7, 11) is 0. The van der Waals surface area contributed by atoms with Gasteiger partial charge in [0.05, 0.1) is 0 Å². The maximum absolute atomic E-state index is 7.26. The van der Waals surface area contributed by atoms with Crippen molar-refractivity contribution in [2.45, 2.75) is 101 Å². The molecule has 4 atom stereocenters. The van der Waals surface area contributed by atoms with Crippen molar-refractivity contribution in [2.75, 3.05) is 26.2 Å². The monoisotopic (exact) mass is 588 g/mol. The van der Waals surface area contributed by atoms with Crippen LogP contribution in [-0.4, -0.2) is 60.3 Å². The van der Waals surface area contributed by atoms with Gasteiger partial charge in [-0.2, -0.15) is 0 Å². The largest absolute Gasteiger partial charge is 0.488 e.